The molecule has 6 nitrogen and oxygen atoms in total. The Morgan fingerprint density at radius 2 is 1.77 bits per heavy atom. The summed E-state index contributed by atoms with van der Waals surface area (Å²) >= 11 is 1.62. The predicted octanol–water partition coefficient (Wildman–Crippen LogP) is 4.02. The molecule has 0 aliphatic carbocycles. The highest BCUT2D eigenvalue weighted by Crippen LogP contribution is 2.29. The molecule has 1 fully saturated rings. The third-order valence-corrected chi connectivity index (χ3v) is 6.38. The number of anilines is 1. The van der Waals surface area contributed by atoms with Crippen LogP contribution in [0.1, 0.15) is 24.6 Å². The van der Waals surface area contributed by atoms with Gasteiger partial charge in [-0.2, -0.15) is 0 Å². The van der Waals surface area contributed by atoms with E-state index in [1.165, 1.54) is 0 Å². The normalized spacial score (nSPS) is 15.3. The van der Waals surface area contributed by atoms with Crippen LogP contribution in [-0.4, -0.2) is 51.5 Å². The van der Waals surface area contributed by atoms with Crippen molar-refractivity contribution in [1.82, 2.24) is 19.7 Å². The molecule has 3 aromatic rings. The number of rotatable bonds is 6. The Labute approximate surface area is 181 Å². The highest BCUT2D eigenvalue weighted by molar-refractivity contribution is 7.98. The van der Waals surface area contributed by atoms with Crippen molar-refractivity contribution in [3.63, 3.8) is 0 Å². The number of para-hydroxylation sites is 1. The van der Waals surface area contributed by atoms with Crippen LogP contribution < -0.4 is 5.32 Å². The van der Waals surface area contributed by atoms with E-state index in [2.05, 4.69) is 37.1 Å². The number of carbonyl (C=O) groups excluding carboxylic acids is 1. The molecule has 1 saturated heterocycles. The van der Waals surface area contributed by atoms with Gasteiger partial charge in [-0.25, -0.2) is 0 Å². The number of carbonyl (C=O) groups is 1. The minimum Gasteiger partial charge on any atom is -0.324 e. The first-order chi connectivity index (χ1) is 14.7. The van der Waals surface area contributed by atoms with Gasteiger partial charge in [0, 0.05) is 24.2 Å². The molecule has 156 valence electrons. The summed E-state index contributed by atoms with van der Waals surface area (Å²) in [5.41, 5.74) is 2.99. The highest BCUT2D eigenvalue weighted by Gasteiger charge is 2.26. The lowest BCUT2D eigenvalue weighted by molar-refractivity contribution is -0.117. The summed E-state index contributed by atoms with van der Waals surface area (Å²) in [5, 5.41) is 12.7. The molecule has 2 heterocycles. The predicted molar refractivity (Wildman–Crippen MR) is 122 cm³/mol. The number of nitrogens with one attached hydrogen (secondary N) is 1. The van der Waals surface area contributed by atoms with Gasteiger partial charge in [0.2, 0.25) is 5.91 Å². The van der Waals surface area contributed by atoms with E-state index >= 15 is 0 Å². The second kappa shape index (κ2) is 9.45. The summed E-state index contributed by atoms with van der Waals surface area (Å²) in [6.45, 7) is 2.19. The summed E-state index contributed by atoms with van der Waals surface area (Å²) in [4.78, 5) is 15.0. The maximum absolute atomic E-state index is 12.7. The molecule has 1 aliphatic heterocycles. The van der Waals surface area contributed by atoms with E-state index in [1.54, 1.807) is 11.8 Å². The first kappa shape index (κ1) is 20.6. The molecule has 2 aromatic carbocycles. The van der Waals surface area contributed by atoms with Gasteiger partial charge in [0.15, 0.2) is 5.16 Å². The van der Waals surface area contributed by atoms with Crippen molar-refractivity contribution in [2.75, 3.05) is 31.2 Å². The van der Waals surface area contributed by atoms with E-state index in [0.717, 1.165) is 53.7 Å². The fourth-order valence-electron chi connectivity index (χ4n) is 4.06. The number of nitrogens with zero attached hydrogens (tertiary/aromatic N) is 4. The molecule has 0 atom stereocenters. The Morgan fingerprint density at radius 1 is 1.07 bits per heavy atom. The summed E-state index contributed by atoms with van der Waals surface area (Å²) in [6.07, 6.45) is 4.01. The van der Waals surface area contributed by atoms with E-state index < -0.39 is 0 Å². The first-order valence-electron chi connectivity index (χ1n) is 10.3. The Kier molecular flexibility index (Phi) is 6.50. The largest absolute Gasteiger partial charge is 0.324 e. The zero-order valence-electron chi connectivity index (χ0n) is 17.4. The first-order valence-corrected chi connectivity index (χ1v) is 11.5. The van der Waals surface area contributed by atoms with Crippen LogP contribution in [0.4, 0.5) is 5.69 Å². The van der Waals surface area contributed by atoms with Crippen molar-refractivity contribution in [2.24, 2.45) is 7.05 Å². The lowest BCUT2D eigenvalue weighted by Crippen LogP contribution is -2.39. The molecule has 7 heteroatoms. The molecular weight excluding hydrogens is 394 g/mol. The number of hydrogen-bond donors (Lipinski definition) is 1. The average molecular weight is 422 g/mol. The average Bonchev–Trinajstić information content (AvgIpc) is 3.15. The molecule has 1 N–H and O–H groups in total. The second-order valence-electron chi connectivity index (χ2n) is 7.61. The Hall–Kier alpha value is -2.64. The fraction of sp³-hybridized carbons (Fsp3) is 0.348. The zero-order valence-corrected chi connectivity index (χ0v) is 18.2. The minimum absolute atomic E-state index is 0.0279. The molecule has 1 amide bonds. The maximum Gasteiger partial charge on any atom is 0.238 e. The Morgan fingerprint density at radius 3 is 2.47 bits per heavy atom. The van der Waals surface area contributed by atoms with Crippen molar-refractivity contribution in [3.8, 4) is 11.1 Å². The third kappa shape index (κ3) is 4.57. The van der Waals surface area contributed by atoms with Gasteiger partial charge in [0.25, 0.3) is 0 Å². The van der Waals surface area contributed by atoms with Crippen LogP contribution in [0, 0.1) is 0 Å². The number of likely N-dealkylation sites (tertiary alicyclic amines) is 1. The highest BCUT2D eigenvalue weighted by atomic mass is 32.2. The van der Waals surface area contributed by atoms with Gasteiger partial charge in [-0.15, -0.1) is 10.2 Å². The van der Waals surface area contributed by atoms with E-state index in [4.69, 9.17) is 0 Å². The summed E-state index contributed by atoms with van der Waals surface area (Å²) in [7, 11) is 2.03. The van der Waals surface area contributed by atoms with Crippen molar-refractivity contribution in [2.45, 2.75) is 23.9 Å². The molecule has 30 heavy (non-hydrogen) atoms. The monoisotopic (exact) mass is 421 g/mol. The van der Waals surface area contributed by atoms with Crippen LogP contribution in [0.3, 0.4) is 0 Å². The topological polar surface area (TPSA) is 63.1 Å². The molecule has 1 aliphatic rings. The summed E-state index contributed by atoms with van der Waals surface area (Å²) in [6, 6.07) is 18.1. The number of hydrogen-bond acceptors (Lipinski definition) is 5. The number of aromatic nitrogens is 3. The lowest BCUT2D eigenvalue weighted by atomic mass is 9.96. The maximum atomic E-state index is 12.7. The number of thioether (sulfide) groups is 1. The van der Waals surface area contributed by atoms with Gasteiger partial charge < -0.3 is 9.88 Å². The third-order valence-electron chi connectivity index (χ3n) is 5.66. The van der Waals surface area contributed by atoms with Crippen molar-refractivity contribution < 1.29 is 4.79 Å². The molecule has 4 rings (SSSR count). The molecule has 0 bridgehead atoms. The van der Waals surface area contributed by atoms with E-state index in [9.17, 15) is 4.79 Å². The summed E-state index contributed by atoms with van der Waals surface area (Å²) in [5.74, 6) is 1.49. The molecule has 0 spiro atoms. The Bertz CT molecular complexity index is 996. The number of benzene rings is 2. The quantitative estimate of drug-likeness (QED) is 0.609. The minimum atomic E-state index is 0.0279. The molecule has 0 radical (unpaired) electrons. The van der Waals surface area contributed by atoms with E-state index in [0.29, 0.717) is 12.5 Å². The van der Waals surface area contributed by atoms with Crippen LogP contribution in [0.25, 0.3) is 11.1 Å². The van der Waals surface area contributed by atoms with Gasteiger partial charge >= 0.3 is 0 Å². The Balaban J connectivity index is 1.34. The summed E-state index contributed by atoms with van der Waals surface area (Å²) < 4.78 is 2.10. The van der Waals surface area contributed by atoms with E-state index in [-0.39, 0.29) is 5.91 Å². The smallest absolute Gasteiger partial charge is 0.238 e. The van der Waals surface area contributed by atoms with Crippen molar-refractivity contribution in [1.29, 1.82) is 0 Å². The molecule has 1 aromatic heterocycles. The van der Waals surface area contributed by atoms with Crippen molar-refractivity contribution in [3.05, 3.63) is 60.4 Å². The van der Waals surface area contributed by atoms with Crippen LogP contribution in [0.5, 0.6) is 0 Å². The van der Waals surface area contributed by atoms with Gasteiger partial charge in [-0.1, -0.05) is 60.3 Å². The second-order valence-corrected chi connectivity index (χ2v) is 8.39. The van der Waals surface area contributed by atoms with E-state index in [1.807, 2.05) is 55.8 Å². The zero-order chi connectivity index (χ0) is 20.9. The van der Waals surface area contributed by atoms with Gasteiger partial charge in [0.1, 0.15) is 5.82 Å². The van der Waals surface area contributed by atoms with Gasteiger partial charge in [-0.05, 0) is 43.8 Å². The van der Waals surface area contributed by atoms with Crippen LogP contribution >= 0.6 is 11.8 Å². The standard InChI is InChI=1S/C23H27N5OS/c1-27-22(25-26-23(27)30-2)18-12-14-28(15-13-18)16-21(29)24-20-11-7-6-10-19(20)17-8-4-3-5-9-17/h3-11,18H,12-16H2,1-2H3,(H,24,29). The van der Waals surface area contributed by atoms with Crippen LogP contribution in [-0.2, 0) is 11.8 Å². The number of piperidine rings is 1. The fourth-order valence-corrected chi connectivity index (χ4v) is 4.55. The van der Waals surface area contributed by atoms with Crippen LogP contribution in [0.2, 0.25) is 0 Å². The van der Waals surface area contributed by atoms with Crippen LogP contribution in [0.15, 0.2) is 59.8 Å². The van der Waals surface area contributed by atoms with Gasteiger partial charge in [-0.3, -0.25) is 9.69 Å². The SMILES string of the molecule is CSc1nnc(C2CCN(CC(=O)Nc3ccccc3-c3ccccc3)CC2)n1C. The van der Waals surface area contributed by atoms with Gasteiger partial charge in [0.05, 0.1) is 6.54 Å². The lowest BCUT2D eigenvalue weighted by Gasteiger charge is -2.30. The molecule has 0 saturated carbocycles. The molecular formula is C23H27N5OS. The van der Waals surface area contributed by atoms with Crippen molar-refractivity contribution >= 4 is 23.4 Å². The number of amides is 1. The molecule has 0 unspecified atom stereocenters.